The van der Waals surface area contributed by atoms with Gasteiger partial charge in [0.1, 0.15) is 0 Å². The monoisotopic (exact) mass is 876 g/mol. The van der Waals surface area contributed by atoms with Crippen molar-refractivity contribution >= 4 is 24.8 Å². The van der Waals surface area contributed by atoms with Crippen molar-refractivity contribution in [1.82, 2.24) is 0 Å². The zero-order valence-corrected chi connectivity index (χ0v) is 39.3. The molecule has 8 rings (SSSR count). The van der Waals surface area contributed by atoms with Gasteiger partial charge in [0.2, 0.25) is 0 Å². The Labute approximate surface area is 376 Å². The Kier molecular flexibility index (Phi) is 16.7. The molecule has 0 spiro atoms. The summed E-state index contributed by atoms with van der Waals surface area (Å²) in [6, 6.07) is 55.6. The molecule has 0 saturated carbocycles. The first-order valence-electron chi connectivity index (χ1n) is 20.0. The summed E-state index contributed by atoms with van der Waals surface area (Å²) in [5.74, 6) is 0.567. The summed E-state index contributed by atoms with van der Waals surface area (Å²) in [6.07, 6.45) is 10.0. The van der Waals surface area contributed by atoms with E-state index in [0.717, 1.165) is 6.42 Å². The standard InChI is InChI=1S/C27H22.C23H29.C5H5.2ClH.Zr/c1-5-13-22(14-6-1)26(23-15-7-2-8-16-23)21-27(24-17-9-3-10-18-24)25-19-11-4-12-20-25;1-14-9-16-11-17-10-15(2)21(23(6,7)8)13-19(17)18(16)12-20(14)22(3,4)5;1-2-4-5-3-1;;;/h1-20,26-27H;9-13H,1-8H3;1-3H,4H2;2*1H;/q;2*-1;;;+2/p-2. The van der Waals surface area contributed by atoms with Crippen LogP contribution in [0.15, 0.2) is 170 Å². The molecule has 0 amide bonds. The SMILES string of the molecule is Cc1cc2[cH-]c3cc(C)c(C(C)(C)C)cc3c2cc1C(C)(C)C.[C-]1=CC=CC1.[Cl-].[Cl-].[Zr+2]=[C](C(c1ccccc1)c1ccccc1)C(c1ccccc1)c1ccccc1. The van der Waals surface area contributed by atoms with Crippen LogP contribution in [0.5, 0.6) is 0 Å². The third-order valence-corrected chi connectivity index (χ3v) is 12.2. The van der Waals surface area contributed by atoms with E-state index >= 15 is 0 Å². The van der Waals surface area contributed by atoms with Crippen LogP contribution in [0.25, 0.3) is 21.5 Å². The Morgan fingerprint density at radius 2 is 0.862 bits per heavy atom. The fourth-order valence-corrected chi connectivity index (χ4v) is 9.78. The van der Waals surface area contributed by atoms with E-state index in [9.17, 15) is 0 Å². The minimum atomic E-state index is 0. The molecule has 1 aliphatic rings. The Bertz CT molecular complexity index is 2180. The third-order valence-electron chi connectivity index (χ3n) is 10.7. The maximum absolute atomic E-state index is 2.99. The Morgan fingerprint density at radius 1 is 0.534 bits per heavy atom. The van der Waals surface area contributed by atoms with Crippen molar-refractivity contribution in [2.75, 3.05) is 0 Å². The van der Waals surface area contributed by atoms with Crippen LogP contribution < -0.4 is 24.8 Å². The number of hydrogen-bond acceptors (Lipinski definition) is 0. The van der Waals surface area contributed by atoms with E-state index in [1.165, 1.54) is 93.5 Å². The van der Waals surface area contributed by atoms with Gasteiger partial charge in [-0.05, 0) is 24.7 Å². The quantitative estimate of drug-likeness (QED) is 0.147. The molecule has 0 saturated heterocycles. The molecule has 0 aliphatic heterocycles. The van der Waals surface area contributed by atoms with Gasteiger partial charge in [0.25, 0.3) is 0 Å². The summed E-state index contributed by atoms with van der Waals surface area (Å²) < 4.78 is 1.53. The average Bonchev–Trinajstić information content (AvgIpc) is 3.88. The summed E-state index contributed by atoms with van der Waals surface area (Å²) in [7, 11) is 0. The molecule has 0 atom stereocenters. The van der Waals surface area contributed by atoms with Gasteiger partial charge in [-0.1, -0.05) is 75.9 Å². The zero-order valence-electron chi connectivity index (χ0n) is 35.3. The van der Waals surface area contributed by atoms with Crippen LogP contribution in [0, 0.1) is 19.9 Å². The third kappa shape index (κ3) is 11.4. The van der Waals surface area contributed by atoms with Crippen molar-refractivity contribution in [2.45, 2.75) is 84.5 Å². The molecule has 296 valence electrons. The topological polar surface area (TPSA) is 0 Å². The van der Waals surface area contributed by atoms with Crippen molar-refractivity contribution < 1.29 is 49.0 Å². The van der Waals surface area contributed by atoms with Crippen LogP contribution in [0.4, 0.5) is 0 Å². The molecule has 0 unspecified atom stereocenters. The number of hydrogen-bond donors (Lipinski definition) is 0. The van der Waals surface area contributed by atoms with Gasteiger partial charge in [-0.15, -0.1) is 46.2 Å². The van der Waals surface area contributed by atoms with Crippen LogP contribution in [0.3, 0.4) is 0 Å². The van der Waals surface area contributed by atoms with Gasteiger partial charge in [0.15, 0.2) is 0 Å². The molecule has 0 fully saturated rings. The predicted octanol–water partition coefficient (Wildman–Crippen LogP) is 8.61. The number of benzene rings is 6. The number of aryl methyl sites for hydroxylation is 2. The minimum absolute atomic E-state index is 0. The molecule has 3 heteroatoms. The Morgan fingerprint density at radius 3 is 1.10 bits per heavy atom. The molecule has 0 nitrogen and oxygen atoms in total. The second-order valence-corrected chi connectivity index (χ2v) is 18.5. The van der Waals surface area contributed by atoms with Crippen LogP contribution in [-0.2, 0) is 35.1 Å². The van der Waals surface area contributed by atoms with Crippen LogP contribution in [-0.4, -0.2) is 3.21 Å². The fraction of sp³-hybridized carbons (Fsp3) is 0.236. The van der Waals surface area contributed by atoms with Gasteiger partial charge in [-0.25, -0.2) is 12.2 Å². The van der Waals surface area contributed by atoms with E-state index < -0.39 is 0 Å². The van der Waals surface area contributed by atoms with E-state index in [2.05, 4.69) is 219 Å². The number of rotatable bonds is 6. The van der Waals surface area contributed by atoms with E-state index in [1.807, 2.05) is 12.2 Å². The van der Waals surface area contributed by atoms with Crippen LogP contribution in [0.1, 0.15) is 104 Å². The van der Waals surface area contributed by atoms with Crippen molar-refractivity contribution in [1.29, 1.82) is 0 Å². The van der Waals surface area contributed by atoms with Gasteiger partial charge in [-0.3, -0.25) is 6.08 Å². The molecule has 0 heterocycles. The molecular formula is C55H56Cl2Zr-2. The van der Waals surface area contributed by atoms with Crippen molar-refractivity contribution in [2.24, 2.45) is 0 Å². The summed E-state index contributed by atoms with van der Waals surface area (Å²) >= 11 is 1.47. The summed E-state index contributed by atoms with van der Waals surface area (Å²) in [6.45, 7) is 18.3. The number of halogens is 2. The van der Waals surface area contributed by atoms with Gasteiger partial charge in [-0.2, -0.15) is 6.08 Å². The summed E-state index contributed by atoms with van der Waals surface area (Å²) in [5, 5.41) is 5.55. The number of allylic oxidation sites excluding steroid dienone is 4. The van der Waals surface area contributed by atoms with Crippen LogP contribution in [0.2, 0.25) is 0 Å². The van der Waals surface area contributed by atoms with Gasteiger partial charge < -0.3 is 24.8 Å². The Balaban J connectivity index is 0.000000225. The zero-order chi connectivity index (χ0) is 39.9. The molecular weight excluding hydrogens is 823 g/mol. The Hall–Kier alpha value is -4.00. The van der Waals surface area contributed by atoms with Gasteiger partial charge in [0.05, 0.1) is 0 Å². The first-order valence-corrected chi connectivity index (χ1v) is 21.2. The van der Waals surface area contributed by atoms with E-state index in [1.54, 1.807) is 0 Å². The van der Waals surface area contributed by atoms with Crippen molar-refractivity contribution in [3.8, 4) is 0 Å². The summed E-state index contributed by atoms with van der Waals surface area (Å²) in [5.41, 5.74) is 11.5. The van der Waals surface area contributed by atoms with E-state index in [4.69, 9.17) is 0 Å². The van der Waals surface area contributed by atoms with Gasteiger partial charge >= 0.3 is 183 Å². The second-order valence-electron chi connectivity index (χ2n) is 17.1. The first kappa shape index (κ1) is 46.7. The normalized spacial score (nSPS) is 12.1. The molecule has 1 aliphatic carbocycles. The molecule has 0 radical (unpaired) electrons. The van der Waals surface area contributed by atoms with E-state index in [-0.39, 0.29) is 47.5 Å². The molecule has 0 N–H and O–H groups in total. The molecule has 7 aromatic rings. The maximum atomic E-state index is 2.99. The van der Waals surface area contributed by atoms with Gasteiger partial charge in [0, 0.05) is 0 Å². The summed E-state index contributed by atoms with van der Waals surface area (Å²) in [4.78, 5) is 0. The molecule has 7 aromatic carbocycles. The molecule has 0 bridgehead atoms. The van der Waals surface area contributed by atoms with Crippen LogP contribution >= 0.6 is 0 Å². The van der Waals surface area contributed by atoms with E-state index in [0.29, 0.717) is 0 Å². The predicted molar refractivity (Wildman–Crippen MR) is 240 cm³/mol. The first-order chi connectivity index (χ1) is 26.8. The molecule has 0 aromatic heterocycles. The molecule has 58 heavy (non-hydrogen) atoms. The number of fused-ring (bicyclic) bond motifs is 3. The average molecular weight is 879 g/mol. The van der Waals surface area contributed by atoms with Crippen molar-refractivity contribution in [3.05, 3.63) is 220 Å². The second kappa shape index (κ2) is 20.8. The van der Waals surface area contributed by atoms with Crippen molar-refractivity contribution in [3.63, 3.8) is 0 Å². The fourth-order valence-electron chi connectivity index (χ4n) is 8.14.